The van der Waals surface area contributed by atoms with Crippen LogP contribution in [-0.4, -0.2) is 13.7 Å². The summed E-state index contributed by atoms with van der Waals surface area (Å²) in [7, 11) is 0. The van der Waals surface area contributed by atoms with E-state index in [-0.39, 0.29) is 718 Å². The first-order valence-electron chi connectivity index (χ1n) is 29.6. The SMILES string of the molecule is Cc1cccc2c1Cc1ccccc1-2.Cc1cccc2c3ccccc3n(-c3ccccc3)c12.Cc1ccccc1-c1cccc2c3ccccc3n(-c3ccccc3)c12.[CH3-].[CH3-].[CH3-].[CH3-].[CH3-].[CH3-].[CH3-].[CH3-].[CH3-].[CH3-].[CH3-].[CH3-].[CH3-].[Y].[Y].[Y].[Y].[Y].[Y].[Y].[Y].[Y].[Y].[Y].[Y].[Y].[Y].[Y].[Y].[Y].[Y].[Y].c1ccc2c(c1)-c1ccccc1-n1c3ccccc3c3cccc-2c31. The third kappa shape index (κ3) is 37.7. The number of rotatable bonds is 3. The number of hydrogen-bond donors (Lipinski definition) is 0. The van der Waals surface area contributed by atoms with Crippen molar-refractivity contribution in [2.75, 3.05) is 0 Å². The number of hydrogen-bond acceptors (Lipinski definition) is 0. The minimum Gasteiger partial charge on any atom is -0.358 e. The summed E-state index contributed by atoms with van der Waals surface area (Å²) in [5, 5.41) is 7.86. The van der Waals surface area contributed by atoms with Gasteiger partial charge in [0, 0.05) is 682 Å². The Kier molecular flexibility index (Phi) is 121. The zero-order valence-corrected chi connectivity index (χ0v) is 126. The van der Waals surface area contributed by atoms with Crippen LogP contribution in [0.5, 0.6) is 0 Å². The van der Waals surface area contributed by atoms with Crippen LogP contribution in [0.15, 0.2) is 303 Å². The monoisotopic (exact) mass is 2970 g/mol. The molecule has 3 aromatic heterocycles. The van der Waals surface area contributed by atoms with Crippen molar-refractivity contribution in [1.82, 2.24) is 13.7 Å². The average Bonchev–Trinajstić information content (AvgIpc) is 1.57. The Hall–Kier alpha value is 10.2. The van der Waals surface area contributed by atoms with Gasteiger partial charge >= 0.3 is 0 Å². The molecule has 1 aliphatic heterocycles. The number of aryl methyl sites for hydroxylation is 3. The first kappa shape index (κ1) is 170. The van der Waals surface area contributed by atoms with E-state index in [4.69, 9.17) is 0 Å². The summed E-state index contributed by atoms with van der Waals surface area (Å²) in [4.78, 5) is 0. The Morgan fingerprint density at radius 3 is 0.889 bits per heavy atom. The first-order chi connectivity index (χ1) is 42.0. The summed E-state index contributed by atoms with van der Waals surface area (Å²) in [6.07, 6.45) is 1.11. The quantitative estimate of drug-likeness (QED) is 0.157. The fraction of sp³-hybridized carbons (Fsp3) is 0.0421. The number of fused-ring (bicyclic) bond motifs is 17. The predicted octanol–water partition coefficient (Wildman–Crippen LogP) is 27.7. The average molecular weight is 2970 g/mol. The fourth-order valence-electron chi connectivity index (χ4n) is 13.6. The van der Waals surface area contributed by atoms with Crippen LogP contribution in [0, 0.1) is 117 Å². The maximum Gasteiger partial charge on any atom is 0.0619 e. The van der Waals surface area contributed by atoms with Crippen LogP contribution in [0.2, 0.25) is 0 Å². The smallest absolute Gasteiger partial charge is 0.0619 e. The maximum atomic E-state index is 2.44. The summed E-state index contributed by atoms with van der Waals surface area (Å²) in [6.45, 7) is 6.56. The van der Waals surface area contributed by atoms with Crippen molar-refractivity contribution < 1.29 is 621 Å². The second-order valence-corrected chi connectivity index (χ2v) is 22.4. The van der Waals surface area contributed by atoms with Gasteiger partial charge in [0.25, 0.3) is 0 Å². The summed E-state index contributed by atoms with van der Waals surface area (Å²) < 4.78 is 7.20. The molecular weight excluding hydrogens is 2870 g/mol. The standard InChI is InChI=1S/C25H19N.C24H15N.C19H15N.C14H12.13CH3.19Y/c1-18-10-5-6-13-20(18)22-15-9-16-23-21-14-7-8-17-24(21)26(25(22)23)19-11-3-2-4-12-19;1-2-9-17-16(8-1)18-10-3-5-14-22(18)25-23-15-6-4-11-19(23)21-13-7-12-20(17)24(21)25;1-14-8-7-12-17-16-11-5-6-13-18(16)20(19(14)17)15-9-3-2-4-10-15;1-10-5-4-8-13-12-7-3-2-6-11(12)9-14(10)13;;;;;;;;;;;;;;;;;;;;;;;;;;;;;;;;/h2-17H,1H3;1-15H;2-13H,1H3;2-8H,9H2,1H3;13*1H3;;;;;;;;;;;;;;;;;;;/q;;;;13*-1;;;;;;;;;;;;;;;;;;;. The molecule has 4 heterocycles. The van der Waals surface area contributed by atoms with Gasteiger partial charge in [0.1, 0.15) is 0 Å². The number of nitrogens with zero attached hydrogens (tertiary/aromatic N) is 3. The molecule has 0 saturated carbocycles. The molecule has 0 amide bonds. The molecule has 19 radical (unpaired) electrons. The number of benzene rings is 13. The third-order valence-corrected chi connectivity index (χ3v) is 17.5. The van der Waals surface area contributed by atoms with Crippen LogP contribution < -0.4 is 0 Å². The Morgan fingerprint density at radius 1 is 0.179 bits per heavy atom. The van der Waals surface area contributed by atoms with Crippen LogP contribution in [0.1, 0.15) is 27.8 Å². The van der Waals surface area contributed by atoms with Gasteiger partial charge in [0.2, 0.25) is 0 Å². The fourth-order valence-corrected chi connectivity index (χ4v) is 13.6. The van der Waals surface area contributed by atoms with Crippen LogP contribution in [-0.2, 0) is 628 Å². The zero-order chi connectivity index (χ0) is 57.0. The van der Waals surface area contributed by atoms with Crippen molar-refractivity contribution in [2.45, 2.75) is 27.2 Å². The molecule has 2 aliphatic rings. The van der Waals surface area contributed by atoms with E-state index in [1.54, 1.807) is 0 Å². The molecule has 13 aromatic carbocycles. The molecule has 3 nitrogen and oxygen atoms in total. The molecule has 0 atom stereocenters. The van der Waals surface area contributed by atoms with E-state index in [0.29, 0.717) is 0 Å². The molecule has 0 bridgehead atoms. The van der Waals surface area contributed by atoms with Gasteiger partial charge in [-0.2, -0.15) is 0 Å². The van der Waals surface area contributed by atoms with Gasteiger partial charge in [0.05, 0.1) is 38.8 Å². The normalized spacial score (nSPS) is 8.47. The van der Waals surface area contributed by atoms with Crippen LogP contribution >= 0.6 is 0 Å². The molecule has 565 valence electrons. The summed E-state index contributed by atoms with van der Waals surface area (Å²) >= 11 is 0. The molecule has 0 unspecified atom stereocenters. The van der Waals surface area contributed by atoms with Crippen LogP contribution in [0.25, 0.3) is 127 Å². The van der Waals surface area contributed by atoms with Gasteiger partial charge in [0.15, 0.2) is 0 Å². The summed E-state index contributed by atoms with van der Waals surface area (Å²) in [5.74, 6) is 0. The van der Waals surface area contributed by atoms with Gasteiger partial charge in [-0.05, 0) is 131 Å². The summed E-state index contributed by atoms with van der Waals surface area (Å²) in [6, 6.07) is 108. The second kappa shape index (κ2) is 83.2. The van der Waals surface area contributed by atoms with Crippen LogP contribution in [0.3, 0.4) is 0 Å². The molecule has 0 saturated heterocycles. The van der Waals surface area contributed by atoms with Crippen molar-refractivity contribution >= 4 is 65.4 Å². The molecule has 0 N–H and O–H groups in total. The zero-order valence-electron chi connectivity index (χ0n) is 71.9. The van der Waals surface area contributed by atoms with Gasteiger partial charge in [-0.3, -0.25) is 0 Å². The van der Waals surface area contributed by atoms with Gasteiger partial charge < -0.3 is 110 Å². The number of aromatic nitrogens is 3. The molecule has 0 fully saturated rings. The van der Waals surface area contributed by atoms with Gasteiger partial charge in [-0.1, -0.05) is 255 Å². The van der Waals surface area contributed by atoms with Crippen molar-refractivity contribution in [1.29, 1.82) is 0 Å². The van der Waals surface area contributed by atoms with Crippen molar-refractivity contribution in [2.24, 2.45) is 0 Å². The Bertz CT molecular complexity index is 5260. The molecule has 117 heavy (non-hydrogen) atoms. The number of para-hydroxylation sites is 9. The topological polar surface area (TPSA) is 14.8 Å². The van der Waals surface area contributed by atoms with E-state index in [2.05, 4.69) is 338 Å². The van der Waals surface area contributed by atoms with E-state index in [9.17, 15) is 0 Å². The Morgan fingerprint density at radius 2 is 0.444 bits per heavy atom. The van der Waals surface area contributed by atoms with Crippen molar-refractivity contribution in [3.8, 4) is 61.6 Å². The largest absolute Gasteiger partial charge is 0.358 e. The van der Waals surface area contributed by atoms with E-state index >= 15 is 0 Å². The minimum atomic E-state index is 0. The molecule has 1 aliphatic carbocycles. The Balaban J connectivity index is -0.0000000649. The summed E-state index contributed by atoms with van der Waals surface area (Å²) in [5.41, 5.74) is 29.0. The van der Waals surface area contributed by atoms with Gasteiger partial charge in [-0.15, -0.1) is 0 Å². The van der Waals surface area contributed by atoms with Crippen LogP contribution in [0.4, 0.5) is 0 Å². The van der Waals surface area contributed by atoms with E-state index < -0.39 is 0 Å². The molecule has 16 aromatic rings. The van der Waals surface area contributed by atoms with E-state index in [0.717, 1.165) is 6.42 Å². The molecular formula is C95H100N3Y19-13. The second-order valence-electron chi connectivity index (χ2n) is 22.4. The predicted molar refractivity (Wildman–Crippen MR) is 444 cm³/mol. The first-order valence-corrected chi connectivity index (χ1v) is 29.6. The molecule has 18 rings (SSSR count). The molecule has 0 spiro atoms. The maximum absolute atomic E-state index is 2.44. The van der Waals surface area contributed by atoms with E-state index in [1.165, 1.54) is 155 Å². The van der Waals surface area contributed by atoms with Gasteiger partial charge in [-0.25, -0.2) is 0 Å². The van der Waals surface area contributed by atoms with Crippen molar-refractivity contribution in [3.63, 3.8) is 0 Å². The Labute approximate surface area is 1190 Å². The third-order valence-electron chi connectivity index (χ3n) is 17.5. The van der Waals surface area contributed by atoms with Crippen molar-refractivity contribution in [3.05, 3.63) is 428 Å². The minimum absolute atomic E-state index is 0. The van der Waals surface area contributed by atoms with E-state index in [1.807, 2.05) is 0 Å². The molecule has 22 heteroatoms.